The van der Waals surface area contributed by atoms with Crippen LogP contribution in [0.25, 0.3) is 5.76 Å². The van der Waals surface area contributed by atoms with Crippen LogP contribution < -0.4 is 19.4 Å². The van der Waals surface area contributed by atoms with Crippen LogP contribution >= 0.6 is 0 Å². The molecule has 1 heterocycles. The molecule has 3 aromatic carbocycles. The lowest BCUT2D eigenvalue weighted by atomic mass is 9.94. The number of nitrogens with zero attached hydrogens (tertiary/aromatic N) is 3. The number of ether oxygens (including phenoxy) is 1. The minimum absolute atomic E-state index is 0.0654. The van der Waals surface area contributed by atoms with Crippen molar-refractivity contribution >= 4 is 34.5 Å². The van der Waals surface area contributed by atoms with Crippen LogP contribution in [0.15, 0.2) is 72.3 Å². The van der Waals surface area contributed by atoms with Crippen molar-refractivity contribution in [1.82, 2.24) is 0 Å². The molecule has 1 unspecified atom stereocenters. The number of ketones is 1. The highest BCUT2D eigenvalue weighted by Crippen LogP contribution is 2.43. The molecule has 1 N–H and O–H groups in total. The largest absolute Gasteiger partial charge is 0.507 e. The summed E-state index contributed by atoms with van der Waals surface area (Å²) in [6.45, 7) is 12.6. The number of Topliss-reactive ketones (excluding diaryl/α,β-unsaturated/α-hetero) is 1. The van der Waals surface area contributed by atoms with E-state index in [4.69, 9.17) is 4.74 Å². The molecular formula is C34H41N3O4. The van der Waals surface area contributed by atoms with E-state index in [9.17, 15) is 14.7 Å². The number of carbonyl (C=O) groups is 2. The molecule has 4 rings (SSSR count). The summed E-state index contributed by atoms with van der Waals surface area (Å²) in [4.78, 5) is 32.9. The van der Waals surface area contributed by atoms with Gasteiger partial charge in [0.25, 0.3) is 11.7 Å². The number of aliphatic hydroxyl groups is 1. The summed E-state index contributed by atoms with van der Waals surface area (Å²) in [5.74, 6) is -0.490. The van der Waals surface area contributed by atoms with Crippen LogP contribution in [0.3, 0.4) is 0 Å². The Labute approximate surface area is 243 Å². The molecule has 1 fully saturated rings. The van der Waals surface area contributed by atoms with Crippen LogP contribution in [0.4, 0.5) is 17.1 Å². The Hall–Kier alpha value is -4.26. The summed E-state index contributed by atoms with van der Waals surface area (Å²) >= 11 is 0. The van der Waals surface area contributed by atoms with Crippen LogP contribution in [0.1, 0.15) is 50.4 Å². The van der Waals surface area contributed by atoms with Gasteiger partial charge in [0.15, 0.2) is 0 Å². The average molecular weight is 556 g/mol. The van der Waals surface area contributed by atoms with Gasteiger partial charge in [-0.2, -0.15) is 0 Å². The van der Waals surface area contributed by atoms with E-state index in [-0.39, 0.29) is 11.3 Å². The highest BCUT2D eigenvalue weighted by molar-refractivity contribution is 6.51. The number of aliphatic hydroxyl groups excluding tert-OH is 1. The molecule has 216 valence electrons. The van der Waals surface area contributed by atoms with Crippen LogP contribution in [-0.4, -0.2) is 50.6 Å². The minimum Gasteiger partial charge on any atom is -0.507 e. The number of anilines is 3. The molecule has 41 heavy (non-hydrogen) atoms. The maximum absolute atomic E-state index is 13.6. The first-order chi connectivity index (χ1) is 19.6. The van der Waals surface area contributed by atoms with Crippen molar-refractivity contribution < 1.29 is 19.4 Å². The summed E-state index contributed by atoms with van der Waals surface area (Å²) in [5.41, 5.74) is 4.72. The number of amides is 1. The molecule has 1 saturated heterocycles. The second kappa shape index (κ2) is 12.5. The minimum atomic E-state index is -0.789. The fraction of sp³-hybridized carbons (Fsp3) is 0.353. The van der Waals surface area contributed by atoms with E-state index in [0.717, 1.165) is 41.3 Å². The third kappa shape index (κ3) is 6.09. The molecule has 0 saturated carbocycles. The summed E-state index contributed by atoms with van der Waals surface area (Å²) < 4.78 is 5.90. The summed E-state index contributed by atoms with van der Waals surface area (Å²) in [5, 5.41) is 11.6. The maximum Gasteiger partial charge on any atom is 0.300 e. The number of carbonyl (C=O) groups excluding carboxylic acids is 2. The molecule has 7 nitrogen and oxygen atoms in total. The van der Waals surface area contributed by atoms with E-state index in [2.05, 4.69) is 32.6 Å². The van der Waals surface area contributed by atoms with Crippen molar-refractivity contribution in [3.63, 3.8) is 0 Å². The second-order valence-corrected chi connectivity index (χ2v) is 11.0. The van der Waals surface area contributed by atoms with Gasteiger partial charge in [-0.1, -0.05) is 26.0 Å². The van der Waals surface area contributed by atoms with Gasteiger partial charge >= 0.3 is 0 Å². The summed E-state index contributed by atoms with van der Waals surface area (Å²) in [6.07, 6.45) is 0. The smallest absolute Gasteiger partial charge is 0.300 e. The van der Waals surface area contributed by atoms with Gasteiger partial charge in [0, 0.05) is 49.8 Å². The van der Waals surface area contributed by atoms with Crippen LogP contribution in [0.5, 0.6) is 5.75 Å². The molecule has 0 spiro atoms. The molecular weight excluding hydrogens is 514 g/mol. The summed E-state index contributed by atoms with van der Waals surface area (Å²) in [7, 11) is 3.91. The quantitative estimate of drug-likeness (QED) is 0.173. The zero-order chi connectivity index (χ0) is 29.8. The summed E-state index contributed by atoms with van der Waals surface area (Å²) in [6, 6.07) is 19.9. The normalized spacial score (nSPS) is 16.4. The first-order valence-corrected chi connectivity index (χ1v) is 14.2. The number of hydrogen-bond acceptors (Lipinski definition) is 6. The molecule has 1 aliphatic heterocycles. The first kappa shape index (κ1) is 29.7. The molecule has 1 amide bonds. The Kier molecular flexibility index (Phi) is 9.06. The van der Waals surface area contributed by atoms with E-state index in [0.29, 0.717) is 23.8 Å². The van der Waals surface area contributed by atoms with Gasteiger partial charge in [-0.25, -0.2) is 0 Å². The third-order valence-electron chi connectivity index (χ3n) is 7.45. The number of rotatable bonds is 10. The van der Waals surface area contributed by atoms with Gasteiger partial charge in [-0.05, 0) is 92.4 Å². The fourth-order valence-electron chi connectivity index (χ4n) is 5.15. The fourth-order valence-corrected chi connectivity index (χ4v) is 5.15. The SMILES string of the molecule is CCN(CC)c1ccc(N2C(=O)C(=O)/C(=C(\O)c3ccc(OCC(C)C)c(C)c3)C2c2ccc(N(C)C)cc2)cc1. The van der Waals surface area contributed by atoms with Crippen LogP contribution in [0.2, 0.25) is 0 Å². The molecule has 3 aromatic rings. The van der Waals surface area contributed by atoms with Gasteiger partial charge in [0.2, 0.25) is 0 Å². The first-order valence-electron chi connectivity index (χ1n) is 14.2. The van der Waals surface area contributed by atoms with Crippen molar-refractivity contribution in [2.75, 3.05) is 48.5 Å². The third-order valence-corrected chi connectivity index (χ3v) is 7.45. The van der Waals surface area contributed by atoms with E-state index >= 15 is 0 Å². The Morgan fingerprint density at radius 1 is 0.927 bits per heavy atom. The second-order valence-electron chi connectivity index (χ2n) is 11.0. The van der Waals surface area contributed by atoms with E-state index in [1.54, 1.807) is 18.2 Å². The lowest BCUT2D eigenvalue weighted by Crippen LogP contribution is -2.29. The molecule has 0 radical (unpaired) electrons. The number of benzene rings is 3. The standard InChI is InChI=1S/C34H41N3O4/c1-8-36(9-2)27-15-17-28(18-16-27)37-31(24-10-13-26(14-11-24)35(6)7)30(33(39)34(37)40)32(38)25-12-19-29(23(5)20-25)41-21-22(3)4/h10-20,22,31,38H,8-9,21H2,1-7H3/b32-30-. The van der Waals surface area contributed by atoms with Crippen LogP contribution in [0, 0.1) is 12.8 Å². The lowest BCUT2D eigenvalue weighted by molar-refractivity contribution is -0.132. The molecule has 0 aromatic heterocycles. The Bertz CT molecular complexity index is 1420. The van der Waals surface area contributed by atoms with Crippen molar-refractivity contribution in [2.45, 2.75) is 40.7 Å². The maximum atomic E-state index is 13.6. The van der Waals surface area contributed by atoms with Crippen molar-refractivity contribution in [2.24, 2.45) is 5.92 Å². The Balaban J connectivity index is 1.83. The van der Waals surface area contributed by atoms with Crippen molar-refractivity contribution in [3.05, 3.63) is 89.0 Å². The van der Waals surface area contributed by atoms with Gasteiger partial charge in [-0.3, -0.25) is 14.5 Å². The Morgan fingerprint density at radius 3 is 2.07 bits per heavy atom. The molecule has 0 aliphatic carbocycles. The number of hydrogen-bond donors (Lipinski definition) is 1. The predicted molar refractivity (Wildman–Crippen MR) is 167 cm³/mol. The van der Waals surface area contributed by atoms with E-state index in [1.165, 1.54) is 4.90 Å². The van der Waals surface area contributed by atoms with E-state index < -0.39 is 17.7 Å². The zero-order valence-corrected chi connectivity index (χ0v) is 25.1. The van der Waals surface area contributed by atoms with Gasteiger partial charge in [0.05, 0.1) is 18.2 Å². The van der Waals surface area contributed by atoms with Crippen molar-refractivity contribution in [3.8, 4) is 5.75 Å². The highest BCUT2D eigenvalue weighted by atomic mass is 16.5. The monoisotopic (exact) mass is 555 g/mol. The molecule has 7 heteroatoms. The molecule has 1 atom stereocenters. The van der Waals surface area contributed by atoms with Gasteiger partial charge in [-0.15, -0.1) is 0 Å². The zero-order valence-electron chi connectivity index (χ0n) is 25.1. The molecule has 0 bridgehead atoms. The predicted octanol–water partition coefficient (Wildman–Crippen LogP) is 6.57. The number of aryl methyl sites for hydroxylation is 1. The van der Waals surface area contributed by atoms with Crippen molar-refractivity contribution in [1.29, 1.82) is 0 Å². The topological polar surface area (TPSA) is 73.3 Å². The Morgan fingerprint density at radius 2 is 1.54 bits per heavy atom. The average Bonchev–Trinajstić information content (AvgIpc) is 3.22. The van der Waals surface area contributed by atoms with E-state index in [1.807, 2.05) is 74.4 Å². The highest BCUT2D eigenvalue weighted by Gasteiger charge is 2.47. The molecule has 1 aliphatic rings. The lowest BCUT2D eigenvalue weighted by Gasteiger charge is -2.27. The van der Waals surface area contributed by atoms with Crippen LogP contribution in [-0.2, 0) is 9.59 Å². The van der Waals surface area contributed by atoms with Gasteiger partial charge < -0.3 is 19.6 Å². The van der Waals surface area contributed by atoms with Gasteiger partial charge in [0.1, 0.15) is 11.5 Å².